The third kappa shape index (κ3) is 6.92. The van der Waals surface area contributed by atoms with Crippen LogP contribution in [0.25, 0.3) is 0 Å². The van der Waals surface area contributed by atoms with E-state index in [4.69, 9.17) is 14.2 Å². The third-order valence-corrected chi connectivity index (χ3v) is 4.07. The van der Waals surface area contributed by atoms with Crippen LogP contribution in [-0.4, -0.2) is 52.6 Å². The Morgan fingerprint density at radius 3 is 2.96 bits per heavy atom. The maximum absolute atomic E-state index is 6.08. The summed E-state index contributed by atoms with van der Waals surface area (Å²) in [6.07, 6.45) is 1.08. The lowest BCUT2D eigenvalue weighted by Gasteiger charge is -2.15. The molecular weight excluding hydrogens is 318 g/mol. The first-order valence-corrected chi connectivity index (χ1v) is 9.04. The molecule has 0 aromatic heterocycles. The molecule has 0 radical (unpaired) electrons. The monoisotopic (exact) mass is 349 g/mol. The molecule has 140 valence electrons. The fourth-order valence-corrected chi connectivity index (χ4v) is 2.63. The van der Waals surface area contributed by atoms with Crippen LogP contribution in [0.4, 0.5) is 0 Å². The molecular formula is C19H31N3O3. The molecule has 1 atom stereocenters. The quantitative estimate of drug-likeness (QED) is 0.406. The normalized spacial score (nSPS) is 17.6. The number of benzene rings is 1. The summed E-state index contributed by atoms with van der Waals surface area (Å²) in [4.78, 5) is 4.66. The number of guanidine groups is 1. The number of hydrogen-bond donors (Lipinski definition) is 2. The summed E-state index contributed by atoms with van der Waals surface area (Å²) in [7, 11) is 1.69. The van der Waals surface area contributed by atoms with Crippen molar-refractivity contribution in [3.8, 4) is 5.75 Å². The van der Waals surface area contributed by atoms with Crippen molar-refractivity contribution in [3.05, 3.63) is 29.3 Å². The lowest BCUT2D eigenvalue weighted by atomic mass is 10.1. The van der Waals surface area contributed by atoms with Crippen molar-refractivity contribution in [1.82, 2.24) is 10.6 Å². The molecule has 25 heavy (non-hydrogen) atoms. The number of ether oxygens (including phenoxy) is 3. The largest absolute Gasteiger partial charge is 0.493 e. The van der Waals surface area contributed by atoms with Crippen molar-refractivity contribution in [1.29, 1.82) is 0 Å². The van der Waals surface area contributed by atoms with E-state index >= 15 is 0 Å². The average Bonchev–Trinajstić information content (AvgIpc) is 3.12. The third-order valence-electron chi connectivity index (χ3n) is 4.07. The van der Waals surface area contributed by atoms with E-state index in [0.29, 0.717) is 25.7 Å². The van der Waals surface area contributed by atoms with Gasteiger partial charge in [0.15, 0.2) is 5.96 Å². The Morgan fingerprint density at radius 2 is 2.24 bits per heavy atom. The van der Waals surface area contributed by atoms with Gasteiger partial charge in [-0.2, -0.15) is 0 Å². The van der Waals surface area contributed by atoms with Gasteiger partial charge in [-0.3, -0.25) is 0 Å². The van der Waals surface area contributed by atoms with Crippen LogP contribution in [0.1, 0.15) is 24.5 Å². The second kappa shape index (κ2) is 10.9. The highest BCUT2D eigenvalue weighted by molar-refractivity contribution is 5.79. The van der Waals surface area contributed by atoms with Crippen molar-refractivity contribution in [2.24, 2.45) is 10.9 Å². The summed E-state index contributed by atoms with van der Waals surface area (Å²) in [6.45, 7) is 9.23. The Balaban J connectivity index is 1.99. The predicted molar refractivity (Wildman–Crippen MR) is 100 cm³/mol. The minimum absolute atomic E-state index is 0.491. The molecule has 6 nitrogen and oxygen atoms in total. The van der Waals surface area contributed by atoms with Gasteiger partial charge in [-0.15, -0.1) is 0 Å². The Hall–Kier alpha value is -1.79. The highest BCUT2D eigenvalue weighted by atomic mass is 16.5. The van der Waals surface area contributed by atoms with E-state index in [0.717, 1.165) is 50.0 Å². The molecule has 1 aliphatic heterocycles. The number of methoxy groups -OCH3 is 1. The molecule has 0 saturated carbocycles. The SMILES string of the molecule is CCNC(=NCc1ccc(C)cc1OCC1CCOC1)NCCOC. The van der Waals surface area contributed by atoms with Crippen LogP contribution in [0.15, 0.2) is 23.2 Å². The standard InChI is InChI=1S/C19H31N3O3/c1-4-20-19(21-8-10-23-3)22-12-17-6-5-15(2)11-18(17)25-14-16-7-9-24-13-16/h5-6,11,16H,4,7-10,12-14H2,1-3H3,(H2,20,21,22). The Kier molecular flexibility index (Phi) is 8.55. The van der Waals surface area contributed by atoms with Crippen molar-refractivity contribution < 1.29 is 14.2 Å². The molecule has 1 unspecified atom stereocenters. The van der Waals surface area contributed by atoms with Gasteiger partial charge < -0.3 is 24.8 Å². The zero-order valence-electron chi connectivity index (χ0n) is 15.6. The van der Waals surface area contributed by atoms with Crippen molar-refractivity contribution in [2.75, 3.05) is 46.6 Å². The fraction of sp³-hybridized carbons (Fsp3) is 0.632. The smallest absolute Gasteiger partial charge is 0.191 e. The van der Waals surface area contributed by atoms with Gasteiger partial charge in [0.1, 0.15) is 5.75 Å². The van der Waals surface area contributed by atoms with E-state index in [1.807, 2.05) is 0 Å². The number of nitrogens with one attached hydrogen (secondary N) is 2. The van der Waals surface area contributed by atoms with E-state index < -0.39 is 0 Å². The highest BCUT2D eigenvalue weighted by Gasteiger charge is 2.17. The van der Waals surface area contributed by atoms with Crippen LogP contribution in [0.5, 0.6) is 5.75 Å². The molecule has 0 aliphatic carbocycles. The van der Waals surface area contributed by atoms with Crippen molar-refractivity contribution in [2.45, 2.75) is 26.8 Å². The van der Waals surface area contributed by atoms with Crippen molar-refractivity contribution in [3.63, 3.8) is 0 Å². The fourth-order valence-electron chi connectivity index (χ4n) is 2.63. The lowest BCUT2D eigenvalue weighted by Crippen LogP contribution is -2.38. The van der Waals surface area contributed by atoms with E-state index in [1.54, 1.807) is 7.11 Å². The number of aryl methyl sites for hydroxylation is 1. The van der Waals surface area contributed by atoms with E-state index in [2.05, 4.69) is 47.7 Å². The van der Waals surface area contributed by atoms with E-state index in [9.17, 15) is 0 Å². The Labute approximate surface area is 151 Å². The summed E-state index contributed by atoms with van der Waals surface area (Å²) >= 11 is 0. The molecule has 1 aromatic rings. The average molecular weight is 349 g/mol. The molecule has 1 aliphatic rings. The van der Waals surface area contributed by atoms with Crippen LogP contribution in [0.2, 0.25) is 0 Å². The molecule has 0 spiro atoms. The Morgan fingerprint density at radius 1 is 1.36 bits per heavy atom. The summed E-state index contributed by atoms with van der Waals surface area (Å²) in [5, 5.41) is 6.50. The van der Waals surface area contributed by atoms with Gasteiger partial charge in [-0.05, 0) is 31.9 Å². The lowest BCUT2D eigenvalue weighted by molar-refractivity contribution is 0.166. The minimum Gasteiger partial charge on any atom is -0.493 e. The van der Waals surface area contributed by atoms with Crippen LogP contribution in [0.3, 0.4) is 0 Å². The molecule has 6 heteroatoms. The molecule has 2 rings (SSSR count). The maximum atomic E-state index is 6.08. The maximum Gasteiger partial charge on any atom is 0.191 e. The second-order valence-corrected chi connectivity index (χ2v) is 6.27. The molecule has 2 N–H and O–H groups in total. The molecule has 0 amide bonds. The summed E-state index contributed by atoms with van der Waals surface area (Å²) in [5.41, 5.74) is 2.28. The van der Waals surface area contributed by atoms with Crippen LogP contribution < -0.4 is 15.4 Å². The summed E-state index contributed by atoms with van der Waals surface area (Å²) in [5.74, 6) is 2.20. The molecule has 1 saturated heterocycles. The van der Waals surface area contributed by atoms with Gasteiger partial charge in [0.25, 0.3) is 0 Å². The van der Waals surface area contributed by atoms with E-state index in [1.165, 1.54) is 5.56 Å². The van der Waals surface area contributed by atoms with Gasteiger partial charge >= 0.3 is 0 Å². The first-order valence-electron chi connectivity index (χ1n) is 9.04. The number of hydrogen-bond acceptors (Lipinski definition) is 4. The summed E-state index contributed by atoms with van der Waals surface area (Å²) < 4.78 is 16.6. The van der Waals surface area contributed by atoms with E-state index in [-0.39, 0.29) is 0 Å². The van der Waals surface area contributed by atoms with Gasteiger partial charge in [0, 0.05) is 38.3 Å². The zero-order valence-corrected chi connectivity index (χ0v) is 15.6. The second-order valence-electron chi connectivity index (χ2n) is 6.27. The Bertz CT molecular complexity index is 543. The van der Waals surface area contributed by atoms with Gasteiger partial charge in [0.05, 0.1) is 26.4 Å². The zero-order chi connectivity index (χ0) is 17.9. The first-order chi connectivity index (χ1) is 12.2. The van der Waals surface area contributed by atoms with Crippen LogP contribution in [0, 0.1) is 12.8 Å². The molecule has 0 bridgehead atoms. The minimum atomic E-state index is 0.491. The van der Waals surface area contributed by atoms with Gasteiger partial charge in [-0.1, -0.05) is 12.1 Å². The highest BCUT2D eigenvalue weighted by Crippen LogP contribution is 2.23. The van der Waals surface area contributed by atoms with Gasteiger partial charge in [0.2, 0.25) is 0 Å². The first kappa shape index (κ1) is 19.5. The number of nitrogens with zero attached hydrogens (tertiary/aromatic N) is 1. The van der Waals surface area contributed by atoms with Gasteiger partial charge in [-0.25, -0.2) is 4.99 Å². The number of aliphatic imine (C=N–C) groups is 1. The van der Waals surface area contributed by atoms with Crippen LogP contribution in [-0.2, 0) is 16.0 Å². The predicted octanol–water partition coefficient (Wildman–Crippen LogP) is 2.11. The molecule has 1 heterocycles. The summed E-state index contributed by atoms with van der Waals surface area (Å²) in [6, 6.07) is 6.28. The molecule has 1 aromatic carbocycles. The van der Waals surface area contributed by atoms with Crippen LogP contribution >= 0.6 is 0 Å². The number of rotatable bonds is 9. The van der Waals surface area contributed by atoms with Crippen molar-refractivity contribution >= 4 is 5.96 Å². The molecule has 1 fully saturated rings. The topological polar surface area (TPSA) is 64.1 Å².